The molecule has 0 amide bonds. The minimum absolute atomic E-state index is 0.412. The van der Waals surface area contributed by atoms with Crippen LogP contribution in [0.2, 0.25) is 0 Å². The van der Waals surface area contributed by atoms with Crippen LogP contribution in [-0.2, 0) is 19.5 Å². The number of fused-ring (bicyclic) bond motifs is 1. The minimum Gasteiger partial charge on any atom is -0.497 e. The van der Waals surface area contributed by atoms with Gasteiger partial charge in [-0.1, -0.05) is 42.5 Å². The first-order valence-electron chi connectivity index (χ1n) is 9.95. The predicted octanol–water partition coefficient (Wildman–Crippen LogP) is 5.94. The predicted molar refractivity (Wildman–Crippen MR) is 121 cm³/mol. The van der Waals surface area contributed by atoms with Crippen molar-refractivity contribution in [2.45, 2.75) is 32.5 Å². The highest BCUT2D eigenvalue weighted by Gasteiger charge is 2.17. The van der Waals surface area contributed by atoms with E-state index < -0.39 is 0 Å². The van der Waals surface area contributed by atoms with Gasteiger partial charge in [-0.15, -0.1) is 11.3 Å². The topological polar surface area (TPSA) is 25.4 Å². The minimum atomic E-state index is 0.412. The van der Waals surface area contributed by atoms with E-state index in [1.807, 2.05) is 35.7 Å². The number of methoxy groups -OCH3 is 1. The Kier molecular flexibility index (Phi) is 6.23. The Morgan fingerprint density at radius 3 is 2.55 bits per heavy atom. The molecular weight excluding hydrogens is 376 g/mol. The van der Waals surface area contributed by atoms with Crippen LogP contribution in [0.25, 0.3) is 10.9 Å². The smallest absolute Gasteiger partial charge is 0.118 e. The second-order valence-electron chi connectivity index (χ2n) is 7.38. The Labute approximate surface area is 176 Å². The summed E-state index contributed by atoms with van der Waals surface area (Å²) in [6.45, 7) is 4.08. The van der Waals surface area contributed by atoms with E-state index in [1.165, 1.54) is 21.4 Å². The molecule has 0 aliphatic rings. The van der Waals surface area contributed by atoms with E-state index >= 15 is 0 Å². The average molecular weight is 403 g/mol. The first kappa shape index (κ1) is 19.6. The quantitative estimate of drug-likeness (QED) is 0.365. The van der Waals surface area contributed by atoms with Crippen LogP contribution < -0.4 is 4.74 Å². The molecule has 0 N–H and O–H groups in total. The molecule has 0 saturated carbocycles. The number of pyridine rings is 1. The largest absolute Gasteiger partial charge is 0.497 e. The number of para-hydroxylation sites is 1. The summed E-state index contributed by atoms with van der Waals surface area (Å²) in [5, 5.41) is 3.35. The van der Waals surface area contributed by atoms with Crippen molar-refractivity contribution in [3.05, 3.63) is 94.3 Å². The van der Waals surface area contributed by atoms with Gasteiger partial charge in [0.1, 0.15) is 5.75 Å². The van der Waals surface area contributed by atoms with Crippen LogP contribution in [0.15, 0.2) is 78.3 Å². The number of hydrogen-bond acceptors (Lipinski definition) is 4. The number of nitrogens with zero attached hydrogens (tertiary/aromatic N) is 2. The van der Waals surface area contributed by atoms with E-state index in [9.17, 15) is 0 Å². The van der Waals surface area contributed by atoms with Crippen molar-refractivity contribution in [2.75, 3.05) is 7.11 Å². The molecule has 0 bridgehead atoms. The molecule has 0 radical (unpaired) electrons. The van der Waals surface area contributed by atoms with Gasteiger partial charge < -0.3 is 4.74 Å². The van der Waals surface area contributed by atoms with Gasteiger partial charge in [0, 0.05) is 35.6 Å². The van der Waals surface area contributed by atoms with Crippen LogP contribution in [0.4, 0.5) is 0 Å². The first-order valence-corrected chi connectivity index (χ1v) is 10.8. The molecule has 0 aliphatic heterocycles. The number of aromatic nitrogens is 1. The van der Waals surface area contributed by atoms with Crippen molar-refractivity contribution < 1.29 is 4.74 Å². The maximum atomic E-state index is 5.32. The zero-order valence-corrected chi connectivity index (χ0v) is 17.7. The van der Waals surface area contributed by atoms with E-state index in [2.05, 4.69) is 70.7 Å². The van der Waals surface area contributed by atoms with E-state index in [0.717, 1.165) is 30.8 Å². The van der Waals surface area contributed by atoms with Gasteiger partial charge >= 0.3 is 0 Å². The molecule has 2 aromatic heterocycles. The van der Waals surface area contributed by atoms with Gasteiger partial charge in [0.25, 0.3) is 0 Å². The molecule has 4 heteroatoms. The normalized spacial score (nSPS) is 12.4. The molecule has 3 nitrogen and oxygen atoms in total. The maximum absolute atomic E-state index is 5.32. The fourth-order valence-corrected chi connectivity index (χ4v) is 4.52. The van der Waals surface area contributed by atoms with Crippen molar-refractivity contribution in [1.82, 2.24) is 9.88 Å². The fraction of sp³-hybridized carbons (Fsp3) is 0.240. The third-order valence-corrected chi connectivity index (χ3v) is 6.23. The molecule has 2 heterocycles. The highest BCUT2D eigenvalue weighted by Crippen LogP contribution is 2.23. The van der Waals surface area contributed by atoms with Crippen LogP contribution in [0.5, 0.6) is 5.75 Å². The summed E-state index contributed by atoms with van der Waals surface area (Å²) in [4.78, 5) is 8.63. The maximum Gasteiger partial charge on any atom is 0.118 e. The highest BCUT2D eigenvalue weighted by molar-refractivity contribution is 7.09. The summed E-state index contributed by atoms with van der Waals surface area (Å²) >= 11 is 1.83. The Morgan fingerprint density at radius 1 is 0.966 bits per heavy atom. The zero-order chi connectivity index (χ0) is 20.1. The zero-order valence-electron chi connectivity index (χ0n) is 16.9. The van der Waals surface area contributed by atoms with Gasteiger partial charge in [0.15, 0.2) is 0 Å². The highest BCUT2D eigenvalue weighted by atomic mass is 32.1. The number of benzene rings is 2. The third-order valence-electron chi connectivity index (χ3n) is 5.33. The lowest BCUT2D eigenvalue weighted by molar-refractivity contribution is 0.190. The van der Waals surface area contributed by atoms with Gasteiger partial charge in [-0.25, -0.2) is 0 Å². The summed E-state index contributed by atoms with van der Waals surface area (Å²) in [7, 11) is 1.71. The van der Waals surface area contributed by atoms with E-state index in [4.69, 9.17) is 4.74 Å². The number of ether oxygens (including phenoxy) is 1. The van der Waals surface area contributed by atoms with Crippen molar-refractivity contribution in [3.63, 3.8) is 0 Å². The molecule has 148 valence electrons. The Balaban J connectivity index is 1.61. The van der Waals surface area contributed by atoms with Crippen molar-refractivity contribution in [2.24, 2.45) is 0 Å². The molecular formula is C25H26N2OS. The van der Waals surface area contributed by atoms with Crippen molar-refractivity contribution in [1.29, 1.82) is 0 Å². The number of thiophene rings is 1. The molecule has 4 aromatic rings. The van der Waals surface area contributed by atoms with Crippen LogP contribution in [0, 0.1) is 0 Å². The van der Waals surface area contributed by atoms with Gasteiger partial charge in [0.05, 0.1) is 12.6 Å². The van der Waals surface area contributed by atoms with Crippen molar-refractivity contribution >= 4 is 22.2 Å². The molecule has 1 atom stereocenters. The van der Waals surface area contributed by atoms with E-state index in [1.54, 1.807) is 7.11 Å². The fourth-order valence-electron chi connectivity index (χ4n) is 3.70. The molecule has 0 saturated heterocycles. The standard InChI is InChI=1S/C25H26N2OS/c1-19(16-24-9-5-15-29-24)27(17-20-10-12-23(28-2)13-11-20)18-22-7-3-6-21-8-4-14-26-25(21)22/h3-15,19H,16-18H2,1-2H3. The second kappa shape index (κ2) is 9.21. The Bertz CT molecular complexity index is 1040. The summed E-state index contributed by atoms with van der Waals surface area (Å²) in [5.41, 5.74) is 3.66. The lowest BCUT2D eigenvalue weighted by atomic mass is 10.1. The van der Waals surface area contributed by atoms with Crippen LogP contribution >= 0.6 is 11.3 Å². The monoisotopic (exact) mass is 402 g/mol. The van der Waals surface area contributed by atoms with Gasteiger partial charge in [-0.2, -0.15) is 0 Å². The molecule has 0 aliphatic carbocycles. The van der Waals surface area contributed by atoms with E-state index in [0.29, 0.717) is 6.04 Å². The second-order valence-corrected chi connectivity index (χ2v) is 8.41. The first-order chi connectivity index (χ1) is 14.2. The van der Waals surface area contributed by atoms with Crippen LogP contribution in [-0.4, -0.2) is 23.0 Å². The van der Waals surface area contributed by atoms with Gasteiger partial charge in [-0.3, -0.25) is 9.88 Å². The molecule has 4 rings (SSSR count). The molecule has 0 fully saturated rings. The van der Waals surface area contributed by atoms with Crippen LogP contribution in [0.3, 0.4) is 0 Å². The molecule has 2 aromatic carbocycles. The molecule has 29 heavy (non-hydrogen) atoms. The van der Waals surface area contributed by atoms with E-state index in [-0.39, 0.29) is 0 Å². The molecule has 0 spiro atoms. The lowest BCUT2D eigenvalue weighted by Gasteiger charge is -2.29. The Morgan fingerprint density at radius 2 is 1.79 bits per heavy atom. The van der Waals surface area contributed by atoms with Gasteiger partial charge in [-0.05, 0) is 54.1 Å². The summed E-state index contributed by atoms with van der Waals surface area (Å²) < 4.78 is 5.32. The van der Waals surface area contributed by atoms with Crippen LogP contribution in [0.1, 0.15) is 22.9 Å². The van der Waals surface area contributed by atoms with Crippen molar-refractivity contribution in [3.8, 4) is 5.75 Å². The number of rotatable bonds is 8. The SMILES string of the molecule is COc1ccc(CN(Cc2cccc3cccnc23)C(C)Cc2cccs2)cc1. The number of hydrogen-bond donors (Lipinski definition) is 0. The summed E-state index contributed by atoms with van der Waals surface area (Å²) in [5.74, 6) is 0.894. The Hall–Kier alpha value is -2.69. The average Bonchev–Trinajstić information content (AvgIpc) is 3.27. The summed E-state index contributed by atoms with van der Waals surface area (Å²) in [6.07, 6.45) is 2.93. The third kappa shape index (κ3) is 4.84. The lowest BCUT2D eigenvalue weighted by Crippen LogP contribution is -2.33. The summed E-state index contributed by atoms with van der Waals surface area (Å²) in [6, 6.07) is 23.8. The molecule has 1 unspecified atom stereocenters. The van der Waals surface area contributed by atoms with Gasteiger partial charge in [0.2, 0.25) is 0 Å².